The molecule has 3 N–H and O–H groups in total. The molecule has 3 aromatic heterocycles. The fourth-order valence-electron chi connectivity index (χ4n) is 4.02. The van der Waals surface area contributed by atoms with Gasteiger partial charge < -0.3 is 20.5 Å². The maximum atomic E-state index is 11.9. The van der Waals surface area contributed by atoms with E-state index in [4.69, 9.17) is 5.73 Å². The maximum Gasteiger partial charge on any atom is 0.250 e. The Labute approximate surface area is 179 Å². The van der Waals surface area contributed by atoms with Crippen LogP contribution in [0.3, 0.4) is 0 Å². The third kappa shape index (κ3) is 3.79. The van der Waals surface area contributed by atoms with Gasteiger partial charge in [-0.05, 0) is 43.5 Å². The van der Waals surface area contributed by atoms with Crippen LogP contribution in [0.2, 0.25) is 0 Å². The number of hydrogen-bond acceptors (Lipinski definition) is 6. The monoisotopic (exact) mass is 413 g/mol. The molecule has 0 saturated carbocycles. The highest BCUT2D eigenvalue weighted by atomic mass is 16.1. The van der Waals surface area contributed by atoms with Gasteiger partial charge in [-0.2, -0.15) is 4.98 Å². The number of carbonyl (C=O) groups excluding carboxylic acids is 1. The van der Waals surface area contributed by atoms with Crippen LogP contribution in [0.25, 0.3) is 16.7 Å². The lowest BCUT2D eigenvalue weighted by atomic mass is 10.1. The molecule has 4 heterocycles. The van der Waals surface area contributed by atoms with E-state index in [-0.39, 0.29) is 0 Å². The van der Waals surface area contributed by atoms with Crippen LogP contribution < -0.4 is 16.0 Å². The van der Waals surface area contributed by atoms with Gasteiger partial charge in [0.2, 0.25) is 5.95 Å². The lowest BCUT2D eigenvalue weighted by molar-refractivity contribution is 0.100. The van der Waals surface area contributed by atoms with Crippen LogP contribution in [0.4, 0.5) is 17.5 Å². The second-order valence-corrected chi connectivity index (χ2v) is 7.61. The summed E-state index contributed by atoms with van der Waals surface area (Å²) in [6, 6.07) is 13.4. The normalized spacial score (nSPS) is 14.0. The van der Waals surface area contributed by atoms with Crippen molar-refractivity contribution < 1.29 is 4.79 Å². The van der Waals surface area contributed by atoms with Crippen molar-refractivity contribution in [1.82, 2.24) is 19.5 Å². The highest BCUT2D eigenvalue weighted by molar-refractivity contribution is 6.06. The van der Waals surface area contributed by atoms with E-state index in [1.165, 1.54) is 19.3 Å². The Morgan fingerprint density at radius 3 is 2.61 bits per heavy atom. The van der Waals surface area contributed by atoms with Gasteiger partial charge in [0.05, 0.1) is 23.0 Å². The van der Waals surface area contributed by atoms with Crippen molar-refractivity contribution in [2.24, 2.45) is 5.73 Å². The van der Waals surface area contributed by atoms with Gasteiger partial charge >= 0.3 is 0 Å². The average molecular weight is 413 g/mol. The molecule has 1 saturated heterocycles. The van der Waals surface area contributed by atoms with Crippen molar-refractivity contribution in [2.45, 2.75) is 19.3 Å². The quantitative estimate of drug-likeness (QED) is 0.518. The van der Waals surface area contributed by atoms with Crippen molar-refractivity contribution in [1.29, 1.82) is 0 Å². The standard InChI is InChI=1S/C23H23N7O/c24-22(31)18-15-30(19-7-3-2-6-17(18)19)21-10-11-25-23(28-21)27-20-9-8-16(14-26-20)29-12-4-1-5-13-29/h2-3,6-11,14-15H,1,4-5,12-13H2,(H2,24,31)(H,25,26,27,28). The number of primary amides is 1. The average Bonchev–Trinajstić information content (AvgIpc) is 3.21. The first-order valence-corrected chi connectivity index (χ1v) is 10.4. The molecule has 1 aliphatic rings. The zero-order valence-electron chi connectivity index (χ0n) is 17.0. The Kier molecular flexibility index (Phi) is 4.95. The summed E-state index contributed by atoms with van der Waals surface area (Å²) in [5.41, 5.74) is 8.01. The van der Waals surface area contributed by atoms with Crippen LogP contribution in [0.15, 0.2) is 61.1 Å². The van der Waals surface area contributed by atoms with Crippen molar-refractivity contribution in [3.05, 3.63) is 66.6 Å². The minimum Gasteiger partial charge on any atom is -0.370 e. The molecule has 0 bridgehead atoms. The Morgan fingerprint density at radius 2 is 1.84 bits per heavy atom. The predicted octanol–water partition coefficient (Wildman–Crippen LogP) is 3.65. The number of para-hydroxylation sites is 1. The third-order valence-corrected chi connectivity index (χ3v) is 5.57. The maximum absolute atomic E-state index is 11.9. The number of nitrogens with zero attached hydrogens (tertiary/aromatic N) is 5. The molecule has 0 spiro atoms. The number of nitrogens with one attached hydrogen (secondary N) is 1. The lowest BCUT2D eigenvalue weighted by Crippen LogP contribution is -2.29. The first-order chi connectivity index (χ1) is 15.2. The van der Waals surface area contributed by atoms with E-state index in [1.54, 1.807) is 18.5 Å². The summed E-state index contributed by atoms with van der Waals surface area (Å²) in [5.74, 6) is 1.26. The first kappa shape index (κ1) is 19.0. The van der Waals surface area contributed by atoms with E-state index in [0.717, 1.165) is 29.7 Å². The number of fused-ring (bicyclic) bond motifs is 1. The number of amides is 1. The number of pyridine rings is 1. The summed E-state index contributed by atoms with van der Waals surface area (Å²) in [6.45, 7) is 2.16. The van der Waals surface area contributed by atoms with E-state index in [9.17, 15) is 4.79 Å². The molecule has 0 atom stereocenters. The molecule has 31 heavy (non-hydrogen) atoms. The fraction of sp³-hybridized carbons (Fsp3) is 0.217. The molecule has 8 heteroatoms. The zero-order valence-corrected chi connectivity index (χ0v) is 17.0. The summed E-state index contributed by atoms with van der Waals surface area (Å²) < 4.78 is 1.84. The zero-order chi connectivity index (χ0) is 21.2. The fourth-order valence-corrected chi connectivity index (χ4v) is 4.02. The summed E-state index contributed by atoms with van der Waals surface area (Å²) >= 11 is 0. The van der Waals surface area contributed by atoms with Gasteiger partial charge in [0.25, 0.3) is 5.91 Å². The summed E-state index contributed by atoms with van der Waals surface area (Å²) in [7, 11) is 0. The molecule has 8 nitrogen and oxygen atoms in total. The second-order valence-electron chi connectivity index (χ2n) is 7.61. The second kappa shape index (κ2) is 8.06. The first-order valence-electron chi connectivity index (χ1n) is 10.4. The lowest BCUT2D eigenvalue weighted by Gasteiger charge is -2.28. The SMILES string of the molecule is NC(=O)c1cn(-c2ccnc(Nc3ccc(N4CCCCC4)cn3)n2)c2ccccc12. The number of anilines is 3. The molecule has 1 aliphatic heterocycles. The third-order valence-electron chi connectivity index (χ3n) is 5.57. The van der Waals surface area contributed by atoms with Crippen LogP contribution in [0, 0.1) is 0 Å². The molecule has 156 valence electrons. The van der Waals surface area contributed by atoms with E-state index in [2.05, 4.69) is 31.2 Å². The Morgan fingerprint density at radius 1 is 1.00 bits per heavy atom. The summed E-state index contributed by atoms with van der Waals surface area (Å²) in [5, 5.41) is 3.95. The minimum atomic E-state index is -0.472. The van der Waals surface area contributed by atoms with Gasteiger partial charge in [-0.1, -0.05) is 18.2 Å². The van der Waals surface area contributed by atoms with Crippen molar-refractivity contribution >= 4 is 34.3 Å². The molecular weight excluding hydrogens is 390 g/mol. The topological polar surface area (TPSA) is 102 Å². The molecule has 1 aromatic carbocycles. The molecule has 0 radical (unpaired) electrons. The highest BCUT2D eigenvalue weighted by Crippen LogP contribution is 2.25. The molecule has 1 amide bonds. The van der Waals surface area contributed by atoms with Gasteiger partial charge in [0.1, 0.15) is 11.6 Å². The van der Waals surface area contributed by atoms with E-state index >= 15 is 0 Å². The molecule has 4 aromatic rings. The van der Waals surface area contributed by atoms with Gasteiger partial charge in [-0.15, -0.1) is 0 Å². The van der Waals surface area contributed by atoms with Gasteiger partial charge in [-0.25, -0.2) is 9.97 Å². The van der Waals surface area contributed by atoms with Crippen molar-refractivity contribution in [2.75, 3.05) is 23.3 Å². The van der Waals surface area contributed by atoms with Crippen molar-refractivity contribution in [3.8, 4) is 5.82 Å². The van der Waals surface area contributed by atoms with Crippen LogP contribution in [-0.4, -0.2) is 38.5 Å². The molecular formula is C23H23N7O. The number of aromatic nitrogens is 4. The van der Waals surface area contributed by atoms with Gasteiger partial charge in [-0.3, -0.25) is 4.79 Å². The number of rotatable bonds is 5. The largest absolute Gasteiger partial charge is 0.370 e. The molecule has 0 unspecified atom stereocenters. The van der Waals surface area contributed by atoms with Gasteiger partial charge in [0.15, 0.2) is 0 Å². The Hall–Kier alpha value is -3.94. The van der Waals surface area contributed by atoms with Crippen molar-refractivity contribution in [3.63, 3.8) is 0 Å². The number of benzene rings is 1. The number of piperidine rings is 1. The van der Waals surface area contributed by atoms with Crippen LogP contribution in [0.5, 0.6) is 0 Å². The molecule has 1 fully saturated rings. The number of hydrogen-bond donors (Lipinski definition) is 2. The Bertz CT molecular complexity index is 1230. The summed E-state index contributed by atoms with van der Waals surface area (Å²) in [6.07, 6.45) is 9.03. The minimum absolute atomic E-state index is 0.425. The predicted molar refractivity (Wildman–Crippen MR) is 121 cm³/mol. The van der Waals surface area contributed by atoms with E-state index < -0.39 is 5.91 Å². The van der Waals surface area contributed by atoms with E-state index in [1.807, 2.05) is 41.1 Å². The number of nitrogens with two attached hydrogens (primary N) is 1. The number of carbonyl (C=O) groups is 1. The van der Waals surface area contributed by atoms with Crippen LogP contribution in [0.1, 0.15) is 29.6 Å². The molecule has 5 rings (SSSR count). The highest BCUT2D eigenvalue weighted by Gasteiger charge is 2.15. The van der Waals surface area contributed by atoms with Crippen LogP contribution >= 0.6 is 0 Å². The smallest absolute Gasteiger partial charge is 0.250 e. The summed E-state index contributed by atoms with van der Waals surface area (Å²) in [4.78, 5) is 27.7. The van der Waals surface area contributed by atoms with Gasteiger partial charge in [0, 0.05) is 30.9 Å². The Balaban J connectivity index is 1.41. The van der Waals surface area contributed by atoms with E-state index in [0.29, 0.717) is 23.1 Å². The molecule has 0 aliphatic carbocycles. The van der Waals surface area contributed by atoms with Crippen LogP contribution in [-0.2, 0) is 0 Å².